The number of hydrogen-bond donors (Lipinski definition) is 2. The van der Waals surface area contributed by atoms with Crippen molar-refractivity contribution in [3.63, 3.8) is 0 Å². The van der Waals surface area contributed by atoms with Crippen molar-refractivity contribution in [3.05, 3.63) is 54.9 Å². The zero-order valence-corrected chi connectivity index (χ0v) is 14.6. The van der Waals surface area contributed by atoms with E-state index in [0.717, 1.165) is 0 Å². The second-order valence-electron chi connectivity index (χ2n) is 3.85. The van der Waals surface area contributed by atoms with Crippen molar-refractivity contribution in [3.8, 4) is 11.5 Å². The second kappa shape index (κ2) is 6.35. The molecule has 0 radical (unpaired) electrons. The maximum Gasteiger partial charge on any atom is 0.147 e. The van der Waals surface area contributed by atoms with Crippen LogP contribution in [0.3, 0.4) is 0 Å². The zero-order chi connectivity index (χ0) is 14.9. The minimum Gasteiger partial charge on any atom is -0.456 e. The van der Waals surface area contributed by atoms with Gasteiger partial charge in [-0.3, -0.25) is 5.41 Å². The van der Waals surface area contributed by atoms with Crippen LogP contribution in [-0.2, 0) is 0 Å². The lowest BCUT2D eigenvalue weighted by Crippen LogP contribution is -2.11. The van der Waals surface area contributed by atoms with E-state index in [2.05, 4.69) is 31.9 Å². The molecule has 0 heterocycles. The molecular formula is C13H8Br2Cl2N2O. The highest BCUT2D eigenvalue weighted by atomic mass is 79.9. The van der Waals surface area contributed by atoms with Crippen LogP contribution in [0.5, 0.6) is 11.5 Å². The molecule has 3 N–H and O–H groups in total. The van der Waals surface area contributed by atoms with Crippen LogP contribution in [0.15, 0.2) is 39.3 Å². The quantitative estimate of drug-likeness (QED) is 0.372. The first-order chi connectivity index (χ1) is 9.38. The van der Waals surface area contributed by atoms with Gasteiger partial charge in [-0.2, -0.15) is 0 Å². The average molecular weight is 439 g/mol. The normalized spacial score (nSPS) is 10.4. The molecule has 0 saturated carbocycles. The first-order valence-corrected chi connectivity index (χ1v) is 7.69. The van der Waals surface area contributed by atoms with E-state index in [-0.39, 0.29) is 5.84 Å². The van der Waals surface area contributed by atoms with Crippen LogP contribution >= 0.6 is 55.1 Å². The Morgan fingerprint density at radius 2 is 1.75 bits per heavy atom. The number of rotatable bonds is 3. The molecule has 0 aliphatic heterocycles. The van der Waals surface area contributed by atoms with E-state index in [9.17, 15) is 0 Å². The van der Waals surface area contributed by atoms with Gasteiger partial charge in [0.1, 0.15) is 17.3 Å². The molecular weight excluding hydrogens is 431 g/mol. The van der Waals surface area contributed by atoms with Crippen LogP contribution in [0.2, 0.25) is 10.0 Å². The molecule has 3 nitrogen and oxygen atoms in total. The first-order valence-electron chi connectivity index (χ1n) is 5.35. The highest BCUT2D eigenvalue weighted by Crippen LogP contribution is 2.37. The summed E-state index contributed by atoms with van der Waals surface area (Å²) in [5.74, 6) is 0.984. The van der Waals surface area contributed by atoms with Gasteiger partial charge in [0.15, 0.2) is 0 Å². The summed E-state index contributed by atoms with van der Waals surface area (Å²) in [5.41, 5.74) is 6.04. The molecule has 2 rings (SSSR count). The lowest BCUT2D eigenvalue weighted by molar-refractivity contribution is 0.482. The topological polar surface area (TPSA) is 59.1 Å². The van der Waals surface area contributed by atoms with Gasteiger partial charge in [-0.1, -0.05) is 23.2 Å². The predicted molar refractivity (Wildman–Crippen MR) is 89.4 cm³/mol. The third-order valence-electron chi connectivity index (χ3n) is 2.43. The number of benzene rings is 2. The summed E-state index contributed by atoms with van der Waals surface area (Å²) in [6, 6.07) is 8.39. The largest absolute Gasteiger partial charge is 0.456 e. The van der Waals surface area contributed by atoms with Crippen molar-refractivity contribution >= 4 is 60.9 Å². The SMILES string of the molecule is N=C(N)c1ccc(Oc2cc(Cl)c(Br)cc2Cl)cc1Br. The molecule has 0 spiro atoms. The fourth-order valence-electron chi connectivity index (χ4n) is 1.49. The van der Waals surface area contributed by atoms with Crippen LogP contribution in [0.4, 0.5) is 0 Å². The average Bonchev–Trinajstić information content (AvgIpc) is 2.35. The number of halogens is 4. The van der Waals surface area contributed by atoms with Crippen LogP contribution < -0.4 is 10.5 Å². The van der Waals surface area contributed by atoms with Crippen LogP contribution in [-0.4, -0.2) is 5.84 Å². The van der Waals surface area contributed by atoms with Crippen molar-refractivity contribution in [1.82, 2.24) is 0 Å². The fraction of sp³-hybridized carbons (Fsp3) is 0. The molecule has 0 bridgehead atoms. The summed E-state index contributed by atoms with van der Waals surface area (Å²) < 4.78 is 7.05. The summed E-state index contributed by atoms with van der Waals surface area (Å²) in [6.07, 6.45) is 0. The van der Waals surface area contributed by atoms with Crippen molar-refractivity contribution in [2.75, 3.05) is 0 Å². The summed E-state index contributed by atoms with van der Waals surface area (Å²) in [6.45, 7) is 0. The Morgan fingerprint density at radius 1 is 1.05 bits per heavy atom. The highest BCUT2D eigenvalue weighted by Gasteiger charge is 2.10. The summed E-state index contributed by atoms with van der Waals surface area (Å²) >= 11 is 18.7. The Kier molecular flexibility index (Phi) is 4.96. The molecule has 0 saturated heterocycles. The molecule has 2 aromatic rings. The molecule has 0 aromatic heterocycles. The predicted octanol–water partition coefficient (Wildman–Crippen LogP) is 5.59. The third kappa shape index (κ3) is 3.47. The molecule has 0 aliphatic carbocycles. The maximum absolute atomic E-state index is 7.42. The monoisotopic (exact) mass is 436 g/mol. The number of hydrogen-bond acceptors (Lipinski definition) is 2. The lowest BCUT2D eigenvalue weighted by Gasteiger charge is -2.10. The Hall–Kier alpha value is -0.750. The third-order valence-corrected chi connectivity index (χ3v) is 4.58. The van der Waals surface area contributed by atoms with Crippen LogP contribution in [0.25, 0.3) is 0 Å². The minimum absolute atomic E-state index is 0.0202. The number of nitrogen functional groups attached to an aromatic ring is 1. The number of amidine groups is 1. The summed E-state index contributed by atoms with van der Waals surface area (Å²) in [7, 11) is 0. The fourth-order valence-corrected chi connectivity index (χ4v) is 2.89. The van der Waals surface area contributed by atoms with Gasteiger partial charge < -0.3 is 10.5 Å². The van der Waals surface area contributed by atoms with E-state index in [1.165, 1.54) is 0 Å². The van der Waals surface area contributed by atoms with Crippen molar-refractivity contribution < 1.29 is 4.74 Å². The van der Waals surface area contributed by atoms with E-state index in [1.54, 1.807) is 30.3 Å². The summed E-state index contributed by atoms with van der Waals surface area (Å²) in [4.78, 5) is 0. The van der Waals surface area contributed by atoms with E-state index < -0.39 is 0 Å². The van der Waals surface area contributed by atoms with Gasteiger partial charge in [0.2, 0.25) is 0 Å². The molecule has 0 fully saturated rings. The van der Waals surface area contributed by atoms with Gasteiger partial charge in [-0.25, -0.2) is 0 Å². The van der Waals surface area contributed by atoms with Gasteiger partial charge in [0, 0.05) is 20.6 Å². The Bertz CT molecular complexity index is 692. The summed E-state index contributed by atoms with van der Waals surface area (Å²) in [5, 5.41) is 8.36. The van der Waals surface area contributed by atoms with Crippen LogP contribution in [0, 0.1) is 5.41 Å². The van der Waals surface area contributed by atoms with Gasteiger partial charge in [0.25, 0.3) is 0 Å². The highest BCUT2D eigenvalue weighted by molar-refractivity contribution is 9.10. The van der Waals surface area contributed by atoms with Gasteiger partial charge >= 0.3 is 0 Å². The molecule has 7 heteroatoms. The van der Waals surface area contributed by atoms with Gasteiger partial charge in [-0.05, 0) is 56.1 Å². The molecule has 20 heavy (non-hydrogen) atoms. The van der Waals surface area contributed by atoms with Crippen molar-refractivity contribution in [1.29, 1.82) is 5.41 Å². The lowest BCUT2D eigenvalue weighted by atomic mass is 10.2. The van der Waals surface area contributed by atoms with Crippen LogP contribution in [0.1, 0.15) is 5.56 Å². The standard InChI is InChI=1S/C13H8Br2Cl2N2O/c14-8-3-6(1-2-7(8)13(18)19)20-12-5-10(16)9(15)4-11(12)17/h1-5H,(H3,18,19). The molecule has 0 unspecified atom stereocenters. The van der Waals surface area contributed by atoms with E-state index in [4.69, 9.17) is 39.1 Å². The Labute approximate surface area is 142 Å². The number of ether oxygens (including phenoxy) is 1. The molecule has 0 amide bonds. The Morgan fingerprint density at radius 3 is 2.35 bits per heavy atom. The molecule has 2 aromatic carbocycles. The van der Waals surface area contributed by atoms with E-state index in [0.29, 0.717) is 36.1 Å². The molecule has 104 valence electrons. The second-order valence-corrected chi connectivity index (χ2v) is 6.38. The maximum atomic E-state index is 7.42. The Balaban J connectivity index is 2.33. The van der Waals surface area contributed by atoms with Gasteiger partial charge in [-0.15, -0.1) is 0 Å². The minimum atomic E-state index is -0.0202. The molecule has 0 atom stereocenters. The van der Waals surface area contributed by atoms with Crippen molar-refractivity contribution in [2.24, 2.45) is 5.73 Å². The van der Waals surface area contributed by atoms with E-state index in [1.807, 2.05) is 0 Å². The smallest absolute Gasteiger partial charge is 0.147 e. The van der Waals surface area contributed by atoms with Gasteiger partial charge in [0.05, 0.1) is 10.0 Å². The van der Waals surface area contributed by atoms with E-state index >= 15 is 0 Å². The number of nitrogens with one attached hydrogen (secondary N) is 1. The molecule has 0 aliphatic rings. The number of nitrogens with two attached hydrogens (primary N) is 1. The first kappa shape index (κ1) is 15.6. The van der Waals surface area contributed by atoms with Crippen molar-refractivity contribution in [2.45, 2.75) is 0 Å². The zero-order valence-electron chi connectivity index (χ0n) is 9.88.